The summed E-state index contributed by atoms with van der Waals surface area (Å²) in [6.07, 6.45) is -0.340. The topological polar surface area (TPSA) is 87.7 Å². The van der Waals surface area contributed by atoms with Crippen molar-refractivity contribution in [3.05, 3.63) is 74.6 Å². The van der Waals surface area contributed by atoms with E-state index in [4.69, 9.17) is 4.42 Å². The van der Waals surface area contributed by atoms with Crippen molar-refractivity contribution < 1.29 is 19.4 Å². The molecule has 3 rings (SSSR count). The first kappa shape index (κ1) is 16.3. The van der Waals surface area contributed by atoms with E-state index in [1.54, 1.807) is 48.5 Å². The highest BCUT2D eigenvalue weighted by Gasteiger charge is 2.26. The van der Waals surface area contributed by atoms with Gasteiger partial charge in [-0.15, -0.1) is 0 Å². The molecule has 1 heterocycles. The van der Waals surface area contributed by atoms with E-state index in [9.17, 15) is 19.8 Å². The van der Waals surface area contributed by atoms with Gasteiger partial charge >= 0.3 is 11.6 Å². The van der Waals surface area contributed by atoms with E-state index < -0.39 is 17.5 Å². The minimum Gasteiger partial charge on any atom is -0.507 e. The first-order chi connectivity index (χ1) is 11.5. The molecular formula is C18H13BrO5. The van der Waals surface area contributed by atoms with Crippen molar-refractivity contribution in [3.8, 4) is 5.75 Å². The fraction of sp³-hybridized carbons (Fsp3) is 0.111. The summed E-state index contributed by atoms with van der Waals surface area (Å²) < 4.78 is 6.02. The van der Waals surface area contributed by atoms with Crippen LogP contribution < -0.4 is 5.63 Å². The Balaban J connectivity index is 2.27. The largest absolute Gasteiger partial charge is 0.507 e. The van der Waals surface area contributed by atoms with Crippen LogP contribution in [0.2, 0.25) is 0 Å². The fourth-order valence-electron chi connectivity index (χ4n) is 2.74. The van der Waals surface area contributed by atoms with Crippen LogP contribution in [0.25, 0.3) is 11.0 Å². The summed E-state index contributed by atoms with van der Waals surface area (Å²) in [6, 6.07) is 13.6. The highest BCUT2D eigenvalue weighted by atomic mass is 79.9. The first-order valence-electron chi connectivity index (χ1n) is 7.19. The maximum absolute atomic E-state index is 12.4. The molecule has 24 heavy (non-hydrogen) atoms. The summed E-state index contributed by atoms with van der Waals surface area (Å²) in [6.45, 7) is 0. The second-order valence-corrected chi connectivity index (χ2v) is 6.27. The van der Waals surface area contributed by atoms with E-state index in [1.165, 1.54) is 0 Å². The van der Waals surface area contributed by atoms with Gasteiger partial charge in [-0.05, 0) is 29.8 Å². The van der Waals surface area contributed by atoms with Gasteiger partial charge in [0.05, 0.1) is 17.4 Å². The van der Waals surface area contributed by atoms with Gasteiger partial charge in [0.25, 0.3) is 0 Å². The SMILES string of the molecule is O=C(O)CC(c1cccc(Br)c1)c1c(O)c2ccccc2oc1=O. The summed E-state index contributed by atoms with van der Waals surface area (Å²) in [5.41, 5.74) is 0.0725. The smallest absolute Gasteiger partial charge is 0.343 e. The van der Waals surface area contributed by atoms with Gasteiger partial charge in [0.1, 0.15) is 11.3 Å². The maximum Gasteiger partial charge on any atom is 0.343 e. The molecule has 0 aliphatic rings. The number of rotatable bonds is 4. The summed E-state index contributed by atoms with van der Waals surface area (Å²) in [5.74, 6) is -2.14. The number of aromatic hydroxyl groups is 1. The van der Waals surface area contributed by atoms with Crippen molar-refractivity contribution in [3.63, 3.8) is 0 Å². The van der Waals surface area contributed by atoms with Crippen molar-refractivity contribution in [2.24, 2.45) is 0 Å². The van der Waals surface area contributed by atoms with Crippen molar-refractivity contribution >= 4 is 32.9 Å². The molecule has 0 saturated carbocycles. The number of carboxylic acids is 1. The number of halogens is 1. The number of carbonyl (C=O) groups is 1. The molecule has 1 aromatic heterocycles. The molecule has 2 N–H and O–H groups in total. The van der Waals surface area contributed by atoms with Crippen LogP contribution in [0.3, 0.4) is 0 Å². The van der Waals surface area contributed by atoms with Gasteiger partial charge in [-0.3, -0.25) is 4.79 Å². The van der Waals surface area contributed by atoms with Crippen LogP contribution in [0.5, 0.6) is 5.75 Å². The van der Waals surface area contributed by atoms with Crippen LogP contribution in [-0.4, -0.2) is 16.2 Å². The Bertz CT molecular complexity index is 977. The van der Waals surface area contributed by atoms with Gasteiger partial charge in [-0.2, -0.15) is 0 Å². The van der Waals surface area contributed by atoms with Crippen molar-refractivity contribution in [2.75, 3.05) is 0 Å². The molecular weight excluding hydrogens is 376 g/mol. The molecule has 122 valence electrons. The van der Waals surface area contributed by atoms with E-state index in [-0.39, 0.29) is 23.3 Å². The first-order valence-corrected chi connectivity index (χ1v) is 7.98. The predicted molar refractivity (Wildman–Crippen MR) is 92.4 cm³/mol. The summed E-state index contributed by atoms with van der Waals surface area (Å²) in [7, 11) is 0. The number of carboxylic acid groups (broad SMARTS) is 1. The van der Waals surface area contributed by atoms with Crippen LogP contribution in [0, 0.1) is 0 Å². The van der Waals surface area contributed by atoms with Gasteiger partial charge in [0.2, 0.25) is 0 Å². The van der Waals surface area contributed by atoms with E-state index >= 15 is 0 Å². The Morgan fingerprint density at radius 2 is 1.92 bits per heavy atom. The highest BCUT2D eigenvalue weighted by Crippen LogP contribution is 2.36. The molecule has 0 fully saturated rings. The van der Waals surface area contributed by atoms with E-state index in [0.717, 1.165) is 4.47 Å². The van der Waals surface area contributed by atoms with Crippen LogP contribution in [0.4, 0.5) is 0 Å². The molecule has 0 aliphatic carbocycles. The van der Waals surface area contributed by atoms with Gasteiger partial charge in [0.15, 0.2) is 0 Å². The third-order valence-electron chi connectivity index (χ3n) is 3.80. The molecule has 6 heteroatoms. The lowest BCUT2D eigenvalue weighted by molar-refractivity contribution is -0.137. The molecule has 3 aromatic rings. The average molecular weight is 389 g/mol. The standard InChI is InChI=1S/C18H13BrO5/c19-11-5-3-4-10(8-11)13(9-15(20)21)16-17(22)12-6-1-2-7-14(12)24-18(16)23/h1-8,13,22H,9H2,(H,20,21). The lowest BCUT2D eigenvalue weighted by Crippen LogP contribution is -2.17. The number of hydrogen-bond acceptors (Lipinski definition) is 4. The van der Waals surface area contributed by atoms with E-state index in [1.807, 2.05) is 0 Å². The van der Waals surface area contributed by atoms with Crippen LogP contribution >= 0.6 is 15.9 Å². The van der Waals surface area contributed by atoms with Crippen LogP contribution in [0.1, 0.15) is 23.5 Å². The number of fused-ring (bicyclic) bond motifs is 1. The second-order valence-electron chi connectivity index (χ2n) is 5.35. The zero-order valence-electron chi connectivity index (χ0n) is 12.4. The minimum absolute atomic E-state index is 0.0470. The molecule has 0 bridgehead atoms. The molecule has 2 aromatic carbocycles. The Kier molecular flexibility index (Phi) is 4.40. The highest BCUT2D eigenvalue weighted by molar-refractivity contribution is 9.10. The molecule has 0 saturated heterocycles. The third-order valence-corrected chi connectivity index (χ3v) is 4.29. The maximum atomic E-state index is 12.4. The molecule has 0 aliphatic heterocycles. The fourth-order valence-corrected chi connectivity index (χ4v) is 3.16. The summed E-state index contributed by atoms with van der Waals surface area (Å²) in [4.78, 5) is 23.7. The minimum atomic E-state index is -1.08. The molecule has 5 nitrogen and oxygen atoms in total. The van der Waals surface area contributed by atoms with Crippen LogP contribution in [-0.2, 0) is 4.79 Å². The third kappa shape index (κ3) is 3.05. The average Bonchev–Trinajstić information content (AvgIpc) is 2.53. The Morgan fingerprint density at radius 1 is 1.17 bits per heavy atom. The second kappa shape index (κ2) is 6.49. The van der Waals surface area contributed by atoms with Crippen LogP contribution in [0.15, 0.2) is 62.2 Å². The molecule has 0 spiro atoms. The van der Waals surface area contributed by atoms with Gasteiger partial charge < -0.3 is 14.6 Å². The Labute approximate surface area is 145 Å². The zero-order chi connectivity index (χ0) is 17.3. The normalized spacial score (nSPS) is 12.2. The van der Waals surface area contributed by atoms with Crippen molar-refractivity contribution in [2.45, 2.75) is 12.3 Å². The van der Waals surface area contributed by atoms with E-state index in [2.05, 4.69) is 15.9 Å². The Morgan fingerprint density at radius 3 is 2.62 bits per heavy atom. The van der Waals surface area contributed by atoms with Crippen molar-refractivity contribution in [1.82, 2.24) is 0 Å². The summed E-state index contributed by atoms with van der Waals surface area (Å²) >= 11 is 3.33. The van der Waals surface area contributed by atoms with Crippen molar-refractivity contribution in [1.29, 1.82) is 0 Å². The lowest BCUT2D eigenvalue weighted by atomic mass is 9.88. The van der Waals surface area contributed by atoms with Gasteiger partial charge in [-0.25, -0.2) is 4.79 Å². The number of para-hydroxylation sites is 1. The predicted octanol–water partition coefficient (Wildman–Crippen LogP) is 3.87. The quantitative estimate of drug-likeness (QED) is 0.662. The molecule has 0 amide bonds. The number of benzene rings is 2. The zero-order valence-corrected chi connectivity index (χ0v) is 14.0. The summed E-state index contributed by atoms with van der Waals surface area (Å²) in [5, 5.41) is 20.2. The molecule has 1 unspecified atom stereocenters. The monoisotopic (exact) mass is 388 g/mol. The Hall–Kier alpha value is -2.60. The number of hydrogen-bond donors (Lipinski definition) is 2. The molecule has 0 radical (unpaired) electrons. The lowest BCUT2D eigenvalue weighted by Gasteiger charge is -2.17. The van der Waals surface area contributed by atoms with E-state index in [0.29, 0.717) is 10.9 Å². The number of aliphatic carboxylic acids is 1. The van der Waals surface area contributed by atoms with Gasteiger partial charge in [-0.1, -0.05) is 40.2 Å². The molecule has 1 atom stereocenters. The van der Waals surface area contributed by atoms with Gasteiger partial charge in [0, 0.05) is 10.4 Å².